The van der Waals surface area contributed by atoms with Gasteiger partial charge in [-0.1, -0.05) is 5.16 Å². The fourth-order valence-corrected chi connectivity index (χ4v) is 1.97. The molecule has 18 heavy (non-hydrogen) atoms. The normalized spacial score (nSPS) is 10.3. The number of benzene rings is 1. The molecule has 0 radical (unpaired) electrons. The molecule has 6 nitrogen and oxygen atoms in total. The minimum Gasteiger partial charge on any atom is -0.374 e. The van der Waals surface area contributed by atoms with E-state index in [1.165, 1.54) is 6.07 Å². The first-order valence-electron chi connectivity index (χ1n) is 5.16. The van der Waals surface area contributed by atoms with Crippen molar-refractivity contribution in [2.75, 3.05) is 5.32 Å². The summed E-state index contributed by atoms with van der Waals surface area (Å²) in [7, 11) is 0. The molecule has 0 saturated heterocycles. The Morgan fingerprint density at radius 3 is 2.89 bits per heavy atom. The van der Waals surface area contributed by atoms with Crippen molar-refractivity contribution in [1.29, 1.82) is 0 Å². The van der Waals surface area contributed by atoms with Crippen molar-refractivity contribution < 1.29 is 9.45 Å². The molecular formula is C11H10IN3O3. The third kappa shape index (κ3) is 2.97. The Kier molecular flexibility index (Phi) is 3.80. The van der Waals surface area contributed by atoms with Crippen LogP contribution in [-0.4, -0.2) is 10.1 Å². The van der Waals surface area contributed by atoms with Crippen LogP contribution >= 0.6 is 22.6 Å². The molecule has 0 unspecified atom stereocenters. The van der Waals surface area contributed by atoms with Crippen LogP contribution in [0.5, 0.6) is 0 Å². The van der Waals surface area contributed by atoms with E-state index in [1.807, 2.05) is 28.7 Å². The first kappa shape index (κ1) is 12.8. The van der Waals surface area contributed by atoms with Gasteiger partial charge in [-0.15, -0.1) is 0 Å². The molecular weight excluding hydrogens is 349 g/mol. The minimum absolute atomic E-state index is 0.0575. The van der Waals surface area contributed by atoms with E-state index in [1.54, 1.807) is 19.1 Å². The largest absolute Gasteiger partial charge is 0.374 e. The summed E-state index contributed by atoms with van der Waals surface area (Å²) in [6, 6.07) is 6.80. The summed E-state index contributed by atoms with van der Waals surface area (Å²) in [4.78, 5) is 10.5. The highest BCUT2D eigenvalue weighted by Gasteiger charge is 2.14. The van der Waals surface area contributed by atoms with Crippen LogP contribution < -0.4 is 5.32 Å². The molecule has 0 aliphatic carbocycles. The Hall–Kier alpha value is -1.64. The summed E-state index contributed by atoms with van der Waals surface area (Å²) >= 11 is 2.04. The molecule has 1 aromatic carbocycles. The van der Waals surface area contributed by atoms with E-state index in [0.29, 0.717) is 23.7 Å². The van der Waals surface area contributed by atoms with E-state index in [4.69, 9.17) is 4.52 Å². The first-order valence-corrected chi connectivity index (χ1v) is 6.24. The number of hydrogen-bond acceptors (Lipinski definition) is 5. The molecule has 1 aromatic heterocycles. The van der Waals surface area contributed by atoms with Gasteiger partial charge in [-0.2, -0.15) is 0 Å². The van der Waals surface area contributed by atoms with Crippen LogP contribution in [-0.2, 0) is 6.54 Å². The van der Waals surface area contributed by atoms with E-state index >= 15 is 0 Å². The molecule has 2 rings (SSSR count). The van der Waals surface area contributed by atoms with Gasteiger partial charge in [0.15, 0.2) is 0 Å². The van der Waals surface area contributed by atoms with Crippen LogP contribution in [0.4, 0.5) is 11.4 Å². The fraction of sp³-hybridized carbons (Fsp3) is 0.182. The van der Waals surface area contributed by atoms with Crippen molar-refractivity contribution in [1.82, 2.24) is 5.16 Å². The minimum atomic E-state index is -0.404. The van der Waals surface area contributed by atoms with Gasteiger partial charge in [0.2, 0.25) is 0 Å². The lowest BCUT2D eigenvalue weighted by atomic mass is 10.2. The highest BCUT2D eigenvalue weighted by molar-refractivity contribution is 14.1. The lowest BCUT2D eigenvalue weighted by molar-refractivity contribution is -0.384. The third-order valence-electron chi connectivity index (χ3n) is 2.29. The van der Waals surface area contributed by atoms with Crippen LogP contribution in [0.3, 0.4) is 0 Å². The van der Waals surface area contributed by atoms with Gasteiger partial charge in [0.1, 0.15) is 17.1 Å². The Balaban J connectivity index is 2.16. The summed E-state index contributed by atoms with van der Waals surface area (Å²) in [5.41, 5.74) is 1.24. The highest BCUT2D eigenvalue weighted by Crippen LogP contribution is 2.26. The van der Waals surface area contributed by atoms with Crippen molar-refractivity contribution >= 4 is 34.0 Å². The van der Waals surface area contributed by atoms with Crippen molar-refractivity contribution in [2.45, 2.75) is 13.5 Å². The van der Waals surface area contributed by atoms with Crippen molar-refractivity contribution in [3.63, 3.8) is 0 Å². The Bertz CT molecular complexity index is 583. The van der Waals surface area contributed by atoms with Crippen LogP contribution in [0.1, 0.15) is 11.5 Å². The SMILES string of the molecule is Cc1cc(CNc2ccc(I)cc2[N+](=O)[O-])no1. The third-order valence-corrected chi connectivity index (χ3v) is 2.96. The fourth-order valence-electron chi connectivity index (χ4n) is 1.49. The number of nitrogens with zero attached hydrogens (tertiary/aromatic N) is 2. The molecule has 2 aromatic rings. The van der Waals surface area contributed by atoms with E-state index in [0.717, 1.165) is 3.57 Å². The topological polar surface area (TPSA) is 81.2 Å². The summed E-state index contributed by atoms with van der Waals surface area (Å²) in [6.07, 6.45) is 0. The molecule has 0 saturated carbocycles. The zero-order valence-corrected chi connectivity index (χ0v) is 11.7. The maximum absolute atomic E-state index is 10.9. The van der Waals surface area contributed by atoms with Gasteiger partial charge in [0, 0.05) is 15.7 Å². The van der Waals surface area contributed by atoms with Crippen molar-refractivity contribution in [3.8, 4) is 0 Å². The summed E-state index contributed by atoms with van der Waals surface area (Å²) in [5.74, 6) is 0.712. The zero-order valence-electron chi connectivity index (χ0n) is 9.51. The molecule has 7 heteroatoms. The van der Waals surface area contributed by atoms with Crippen LogP contribution in [0.2, 0.25) is 0 Å². The molecule has 0 amide bonds. The van der Waals surface area contributed by atoms with Gasteiger partial charge >= 0.3 is 0 Å². The van der Waals surface area contributed by atoms with Gasteiger partial charge < -0.3 is 9.84 Å². The van der Waals surface area contributed by atoms with Crippen molar-refractivity contribution in [3.05, 3.63) is 49.4 Å². The van der Waals surface area contributed by atoms with E-state index in [9.17, 15) is 10.1 Å². The number of halogens is 1. The second kappa shape index (κ2) is 5.34. The molecule has 0 atom stereocenters. The molecule has 0 spiro atoms. The number of nitro benzene ring substituents is 1. The highest BCUT2D eigenvalue weighted by atomic mass is 127. The van der Waals surface area contributed by atoms with E-state index in [-0.39, 0.29) is 5.69 Å². The second-order valence-corrected chi connectivity index (χ2v) is 4.95. The van der Waals surface area contributed by atoms with Crippen LogP contribution in [0, 0.1) is 20.6 Å². The lowest BCUT2D eigenvalue weighted by Crippen LogP contribution is -2.03. The number of aromatic nitrogens is 1. The van der Waals surface area contributed by atoms with Gasteiger partial charge in [-0.3, -0.25) is 10.1 Å². The van der Waals surface area contributed by atoms with E-state index in [2.05, 4.69) is 10.5 Å². The maximum Gasteiger partial charge on any atom is 0.293 e. The predicted molar refractivity (Wildman–Crippen MR) is 74.4 cm³/mol. The summed E-state index contributed by atoms with van der Waals surface area (Å²) < 4.78 is 5.75. The number of hydrogen-bond donors (Lipinski definition) is 1. The summed E-state index contributed by atoms with van der Waals surface area (Å²) in [6.45, 7) is 2.18. The first-order chi connectivity index (χ1) is 8.56. The standard InChI is InChI=1S/C11H10IN3O3/c1-7-4-9(14-18-7)6-13-10-3-2-8(12)5-11(10)15(16)17/h2-5,13H,6H2,1H3. The average Bonchev–Trinajstić information content (AvgIpc) is 2.73. The molecule has 1 heterocycles. The number of rotatable bonds is 4. The number of nitrogens with one attached hydrogen (secondary N) is 1. The number of nitro groups is 1. The predicted octanol–water partition coefficient (Wildman–Crippen LogP) is 3.11. The lowest BCUT2D eigenvalue weighted by Gasteiger charge is -2.05. The van der Waals surface area contributed by atoms with Gasteiger partial charge in [-0.25, -0.2) is 0 Å². The van der Waals surface area contributed by atoms with Gasteiger partial charge in [-0.05, 0) is 41.6 Å². The average molecular weight is 359 g/mol. The Labute approximate surface area is 117 Å². The monoisotopic (exact) mass is 359 g/mol. The zero-order chi connectivity index (χ0) is 13.1. The maximum atomic E-state index is 10.9. The quantitative estimate of drug-likeness (QED) is 0.515. The van der Waals surface area contributed by atoms with Crippen LogP contribution in [0.25, 0.3) is 0 Å². The van der Waals surface area contributed by atoms with E-state index < -0.39 is 4.92 Å². The van der Waals surface area contributed by atoms with Gasteiger partial charge in [0.05, 0.1) is 11.5 Å². The Morgan fingerprint density at radius 2 is 2.28 bits per heavy atom. The number of anilines is 1. The molecule has 0 aliphatic rings. The molecule has 0 fully saturated rings. The van der Waals surface area contributed by atoms with Gasteiger partial charge in [0.25, 0.3) is 5.69 Å². The number of aryl methyl sites for hydroxylation is 1. The smallest absolute Gasteiger partial charge is 0.293 e. The van der Waals surface area contributed by atoms with Crippen LogP contribution in [0.15, 0.2) is 28.8 Å². The molecule has 1 N–H and O–H groups in total. The molecule has 0 bridgehead atoms. The van der Waals surface area contributed by atoms with Crippen molar-refractivity contribution in [2.24, 2.45) is 0 Å². The molecule has 94 valence electrons. The second-order valence-electron chi connectivity index (χ2n) is 3.70. The molecule has 0 aliphatic heterocycles. The summed E-state index contributed by atoms with van der Waals surface area (Å²) in [5, 5.41) is 17.7. The Morgan fingerprint density at radius 1 is 1.50 bits per heavy atom.